The second kappa shape index (κ2) is 7.25. The number of likely N-dealkylation sites (N-methyl/N-ethyl adjacent to an activating group) is 1. The summed E-state index contributed by atoms with van der Waals surface area (Å²) in [6.07, 6.45) is 0. The number of nitrogens with zero attached hydrogens (tertiary/aromatic N) is 3. The molecule has 1 aromatic heterocycles. The summed E-state index contributed by atoms with van der Waals surface area (Å²) in [7, 11) is 3.38. The predicted molar refractivity (Wildman–Crippen MR) is 74.7 cm³/mol. The molecule has 0 aliphatic carbocycles. The largest absolute Gasteiger partial charge is 0.383 e. The number of anilines is 1. The zero-order chi connectivity index (χ0) is 14.4. The summed E-state index contributed by atoms with van der Waals surface area (Å²) in [5.74, 6) is 0.567. The maximum atomic E-state index is 11.7. The molecule has 1 amide bonds. The molecule has 106 valence electrons. The number of carbonyl (C=O) groups excluding carboxylic acids is 1. The van der Waals surface area contributed by atoms with Crippen molar-refractivity contribution in [3.63, 3.8) is 0 Å². The molecule has 1 rings (SSSR count). The number of ether oxygens (including phenoxy) is 1. The first-order valence-electron chi connectivity index (χ1n) is 5.93. The summed E-state index contributed by atoms with van der Waals surface area (Å²) >= 11 is 5.90. The molecule has 1 N–H and O–H groups in total. The first-order valence-corrected chi connectivity index (χ1v) is 6.31. The Bertz CT molecular complexity index is 454. The Balaban J connectivity index is 2.65. The Morgan fingerprint density at radius 2 is 2.05 bits per heavy atom. The van der Waals surface area contributed by atoms with Crippen molar-refractivity contribution in [2.75, 3.05) is 38.8 Å². The van der Waals surface area contributed by atoms with Gasteiger partial charge in [0.25, 0.3) is 0 Å². The van der Waals surface area contributed by atoms with Crippen LogP contribution in [0.5, 0.6) is 0 Å². The van der Waals surface area contributed by atoms with Gasteiger partial charge in [-0.15, -0.1) is 10.2 Å². The van der Waals surface area contributed by atoms with E-state index in [2.05, 4.69) is 15.5 Å². The number of amides is 1. The zero-order valence-corrected chi connectivity index (χ0v) is 12.4. The fraction of sp³-hybridized carbons (Fsp3) is 0.583. The molecule has 0 saturated heterocycles. The van der Waals surface area contributed by atoms with Crippen molar-refractivity contribution in [1.82, 2.24) is 15.5 Å². The van der Waals surface area contributed by atoms with E-state index in [9.17, 15) is 4.79 Å². The Hall–Kier alpha value is -1.40. The highest BCUT2D eigenvalue weighted by molar-refractivity contribution is 6.30. The molecule has 1 aromatic rings. The van der Waals surface area contributed by atoms with Crippen LogP contribution >= 0.6 is 11.6 Å². The standard InChI is InChI=1S/C12H19ClN4O2/c1-8-9(2)12(16-15-11(8)13)17(3)7-10(18)14-5-6-19-4/h5-7H2,1-4H3,(H,14,18). The lowest BCUT2D eigenvalue weighted by molar-refractivity contribution is -0.119. The molecule has 0 saturated carbocycles. The van der Waals surface area contributed by atoms with Crippen molar-refractivity contribution >= 4 is 23.3 Å². The van der Waals surface area contributed by atoms with E-state index in [4.69, 9.17) is 16.3 Å². The molecule has 6 nitrogen and oxygen atoms in total. The minimum atomic E-state index is -0.0895. The van der Waals surface area contributed by atoms with E-state index in [1.54, 1.807) is 19.1 Å². The number of nitrogens with one attached hydrogen (secondary N) is 1. The van der Waals surface area contributed by atoms with Crippen LogP contribution in [0.2, 0.25) is 5.15 Å². The van der Waals surface area contributed by atoms with E-state index in [0.717, 1.165) is 11.1 Å². The van der Waals surface area contributed by atoms with Crippen molar-refractivity contribution < 1.29 is 9.53 Å². The molecule has 7 heteroatoms. The van der Waals surface area contributed by atoms with Gasteiger partial charge in [-0.05, 0) is 25.0 Å². The van der Waals surface area contributed by atoms with Crippen molar-refractivity contribution in [3.8, 4) is 0 Å². The first-order chi connectivity index (χ1) is 8.97. The van der Waals surface area contributed by atoms with Crippen LogP contribution in [0.25, 0.3) is 0 Å². The van der Waals surface area contributed by atoms with Crippen molar-refractivity contribution in [2.24, 2.45) is 0 Å². The Morgan fingerprint density at radius 3 is 2.68 bits per heavy atom. The van der Waals surface area contributed by atoms with Gasteiger partial charge in [0.1, 0.15) is 0 Å². The molecule has 19 heavy (non-hydrogen) atoms. The van der Waals surface area contributed by atoms with Gasteiger partial charge in [-0.25, -0.2) is 0 Å². The monoisotopic (exact) mass is 286 g/mol. The average molecular weight is 287 g/mol. The van der Waals surface area contributed by atoms with Crippen LogP contribution in [0.1, 0.15) is 11.1 Å². The van der Waals surface area contributed by atoms with Crippen LogP contribution in [-0.2, 0) is 9.53 Å². The molecule has 1 heterocycles. The van der Waals surface area contributed by atoms with Gasteiger partial charge < -0.3 is 15.0 Å². The van der Waals surface area contributed by atoms with Gasteiger partial charge in [0, 0.05) is 20.7 Å². The van der Waals surface area contributed by atoms with Gasteiger partial charge in [-0.3, -0.25) is 4.79 Å². The molecule has 0 radical (unpaired) electrons. The summed E-state index contributed by atoms with van der Waals surface area (Å²) in [4.78, 5) is 13.4. The van der Waals surface area contributed by atoms with E-state index in [1.807, 2.05) is 13.8 Å². The van der Waals surface area contributed by atoms with E-state index in [0.29, 0.717) is 24.1 Å². The second-order valence-corrected chi connectivity index (χ2v) is 4.62. The number of methoxy groups -OCH3 is 1. The maximum absolute atomic E-state index is 11.7. The van der Waals surface area contributed by atoms with Crippen molar-refractivity contribution in [1.29, 1.82) is 0 Å². The van der Waals surface area contributed by atoms with Crippen LogP contribution in [0.3, 0.4) is 0 Å². The number of hydrogen-bond acceptors (Lipinski definition) is 5. The summed E-state index contributed by atoms with van der Waals surface area (Å²) in [6.45, 7) is 4.98. The molecule has 0 fully saturated rings. The van der Waals surface area contributed by atoms with Gasteiger partial charge >= 0.3 is 0 Å². The Kier molecular flexibility index (Phi) is 5.98. The summed E-state index contributed by atoms with van der Waals surface area (Å²) in [5, 5.41) is 11.0. The van der Waals surface area contributed by atoms with Crippen LogP contribution in [0, 0.1) is 13.8 Å². The fourth-order valence-electron chi connectivity index (χ4n) is 1.57. The van der Waals surface area contributed by atoms with E-state index < -0.39 is 0 Å². The number of hydrogen-bond donors (Lipinski definition) is 1. The molecule has 0 aliphatic heterocycles. The molecule has 0 atom stereocenters. The molecular formula is C12H19ClN4O2. The molecule has 0 aliphatic rings. The smallest absolute Gasteiger partial charge is 0.239 e. The predicted octanol–water partition coefficient (Wildman–Crippen LogP) is 0.946. The number of halogens is 1. The van der Waals surface area contributed by atoms with Gasteiger partial charge in [-0.2, -0.15) is 0 Å². The Morgan fingerprint density at radius 1 is 1.37 bits per heavy atom. The third-order valence-electron chi connectivity index (χ3n) is 2.81. The minimum Gasteiger partial charge on any atom is -0.383 e. The SMILES string of the molecule is COCCNC(=O)CN(C)c1nnc(Cl)c(C)c1C. The van der Waals surface area contributed by atoms with Crippen LogP contribution in [0.15, 0.2) is 0 Å². The molecule has 0 spiro atoms. The third-order valence-corrected chi connectivity index (χ3v) is 3.17. The first kappa shape index (κ1) is 15.7. The quantitative estimate of drug-likeness (QED) is 0.789. The summed E-state index contributed by atoms with van der Waals surface area (Å²) in [5.41, 5.74) is 1.80. The lowest BCUT2D eigenvalue weighted by Gasteiger charge is -2.20. The number of carbonyl (C=O) groups is 1. The summed E-state index contributed by atoms with van der Waals surface area (Å²) < 4.78 is 4.86. The van der Waals surface area contributed by atoms with Crippen LogP contribution in [-0.4, -0.2) is 50.0 Å². The normalized spacial score (nSPS) is 10.4. The number of aromatic nitrogens is 2. The van der Waals surface area contributed by atoms with Crippen LogP contribution < -0.4 is 10.2 Å². The van der Waals surface area contributed by atoms with E-state index in [-0.39, 0.29) is 12.5 Å². The van der Waals surface area contributed by atoms with E-state index in [1.165, 1.54) is 0 Å². The maximum Gasteiger partial charge on any atom is 0.239 e. The topological polar surface area (TPSA) is 67.3 Å². The molecule has 0 unspecified atom stereocenters. The zero-order valence-electron chi connectivity index (χ0n) is 11.7. The Labute approximate surface area is 118 Å². The van der Waals surface area contributed by atoms with Crippen molar-refractivity contribution in [2.45, 2.75) is 13.8 Å². The fourth-order valence-corrected chi connectivity index (χ4v) is 1.74. The van der Waals surface area contributed by atoms with Gasteiger partial charge in [0.15, 0.2) is 11.0 Å². The lowest BCUT2D eigenvalue weighted by Crippen LogP contribution is -2.37. The summed E-state index contributed by atoms with van der Waals surface area (Å²) in [6, 6.07) is 0. The lowest BCUT2D eigenvalue weighted by atomic mass is 10.2. The second-order valence-electron chi connectivity index (χ2n) is 4.26. The third kappa shape index (κ3) is 4.33. The van der Waals surface area contributed by atoms with Crippen LogP contribution in [0.4, 0.5) is 5.82 Å². The molecule has 0 bridgehead atoms. The van der Waals surface area contributed by atoms with E-state index >= 15 is 0 Å². The minimum absolute atomic E-state index is 0.0895. The highest BCUT2D eigenvalue weighted by atomic mass is 35.5. The number of rotatable bonds is 6. The van der Waals surface area contributed by atoms with Gasteiger partial charge in [0.2, 0.25) is 5.91 Å². The highest BCUT2D eigenvalue weighted by Crippen LogP contribution is 2.22. The molecule has 0 aromatic carbocycles. The highest BCUT2D eigenvalue weighted by Gasteiger charge is 2.14. The average Bonchev–Trinajstić information content (AvgIpc) is 2.36. The molecular weight excluding hydrogens is 268 g/mol. The van der Waals surface area contributed by atoms with Gasteiger partial charge in [-0.1, -0.05) is 11.6 Å². The van der Waals surface area contributed by atoms with Gasteiger partial charge in [0.05, 0.1) is 13.2 Å². The van der Waals surface area contributed by atoms with Crippen molar-refractivity contribution in [3.05, 3.63) is 16.3 Å².